The molecular weight excluding hydrogens is 236 g/mol. The molecule has 0 bridgehead atoms. The second kappa shape index (κ2) is 6.28. The molecule has 0 N–H and O–H groups in total. The third-order valence-electron chi connectivity index (χ3n) is 3.29. The van der Waals surface area contributed by atoms with E-state index in [1.165, 1.54) is 16.7 Å². The number of ether oxygens (including phenoxy) is 2. The van der Waals surface area contributed by atoms with E-state index in [1.54, 1.807) is 14.2 Å². The van der Waals surface area contributed by atoms with Crippen LogP contribution in [-0.2, 0) is 12.8 Å². The van der Waals surface area contributed by atoms with Crippen molar-refractivity contribution in [3.8, 4) is 11.5 Å². The molecule has 0 saturated carbocycles. The topological polar surface area (TPSA) is 18.5 Å². The lowest BCUT2D eigenvalue weighted by molar-refractivity contribution is 0.354. The number of benzene rings is 2. The van der Waals surface area contributed by atoms with E-state index in [4.69, 9.17) is 9.47 Å². The number of rotatable bonds is 5. The van der Waals surface area contributed by atoms with Crippen LogP contribution in [0.2, 0.25) is 0 Å². The summed E-state index contributed by atoms with van der Waals surface area (Å²) in [4.78, 5) is 0. The highest BCUT2D eigenvalue weighted by Crippen LogP contribution is 2.28. The quantitative estimate of drug-likeness (QED) is 0.808. The highest BCUT2D eigenvalue weighted by Gasteiger charge is 2.05. The fourth-order valence-electron chi connectivity index (χ4n) is 2.12. The zero-order chi connectivity index (χ0) is 13.7. The van der Waals surface area contributed by atoms with Crippen molar-refractivity contribution < 1.29 is 9.47 Å². The lowest BCUT2D eigenvalue weighted by atomic mass is 10.0. The lowest BCUT2D eigenvalue weighted by Gasteiger charge is -2.10. The number of hydrogen-bond acceptors (Lipinski definition) is 2. The Morgan fingerprint density at radius 1 is 0.737 bits per heavy atom. The van der Waals surface area contributed by atoms with Crippen LogP contribution in [0.4, 0.5) is 0 Å². The van der Waals surface area contributed by atoms with E-state index in [2.05, 4.69) is 37.3 Å². The molecule has 0 aliphatic rings. The molecule has 0 spiro atoms. The van der Waals surface area contributed by atoms with Gasteiger partial charge in [0.05, 0.1) is 14.2 Å². The van der Waals surface area contributed by atoms with E-state index in [0.29, 0.717) is 0 Å². The zero-order valence-corrected chi connectivity index (χ0v) is 11.8. The molecule has 2 nitrogen and oxygen atoms in total. The summed E-state index contributed by atoms with van der Waals surface area (Å²) in [5, 5.41) is 0. The van der Waals surface area contributed by atoms with Crippen LogP contribution >= 0.6 is 0 Å². The average molecular weight is 256 g/mol. The van der Waals surface area contributed by atoms with Crippen molar-refractivity contribution in [3.05, 3.63) is 59.2 Å². The molecule has 100 valence electrons. The smallest absolute Gasteiger partial charge is 0.160 e. The minimum atomic E-state index is 0.771. The van der Waals surface area contributed by atoms with E-state index in [0.717, 1.165) is 24.3 Å². The van der Waals surface area contributed by atoms with Crippen LogP contribution < -0.4 is 9.47 Å². The maximum Gasteiger partial charge on any atom is 0.160 e. The van der Waals surface area contributed by atoms with Crippen LogP contribution in [0, 0.1) is 0 Å². The van der Waals surface area contributed by atoms with Gasteiger partial charge in [0, 0.05) is 0 Å². The molecule has 0 atom stereocenters. The Labute approximate surface area is 115 Å². The van der Waals surface area contributed by atoms with Crippen molar-refractivity contribution in [2.75, 3.05) is 14.2 Å². The molecule has 0 amide bonds. The minimum Gasteiger partial charge on any atom is -0.493 e. The Hall–Kier alpha value is -1.96. The summed E-state index contributed by atoms with van der Waals surface area (Å²) in [5.41, 5.74) is 3.90. The van der Waals surface area contributed by atoms with Gasteiger partial charge in [-0.3, -0.25) is 0 Å². The summed E-state index contributed by atoms with van der Waals surface area (Å²) in [6.07, 6.45) is 1.99. The molecule has 0 saturated heterocycles. The van der Waals surface area contributed by atoms with Crippen LogP contribution in [0.3, 0.4) is 0 Å². The van der Waals surface area contributed by atoms with Gasteiger partial charge in [0.25, 0.3) is 0 Å². The van der Waals surface area contributed by atoms with Gasteiger partial charge in [-0.05, 0) is 41.7 Å². The molecule has 2 heteroatoms. The molecule has 0 aromatic heterocycles. The van der Waals surface area contributed by atoms with Crippen LogP contribution in [-0.4, -0.2) is 14.2 Å². The fourth-order valence-corrected chi connectivity index (χ4v) is 2.12. The Balaban J connectivity index is 2.18. The Kier molecular flexibility index (Phi) is 4.45. The first-order valence-corrected chi connectivity index (χ1v) is 6.55. The Morgan fingerprint density at radius 3 is 1.89 bits per heavy atom. The summed E-state index contributed by atoms with van der Waals surface area (Å²) < 4.78 is 10.6. The van der Waals surface area contributed by atoms with E-state index >= 15 is 0 Å². The van der Waals surface area contributed by atoms with Crippen LogP contribution in [0.5, 0.6) is 11.5 Å². The summed E-state index contributed by atoms with van der Waals surface area (Å²) >= 11 is 0. The first-order chi connectivity index (χ1) is 9.26. The van der Waals surface area contributed by atoms with Gasteiger partial charge in [-0.15, -0.1) is 0 Å². The Morgan fingerprint density at radius 2 is 1.32 bits per heavy atom. The molecule has 2 aromatic rings. The van der Waals surface area contributed by atoms with Crippen molar-refractivity contribution in [1.29, 1.82) is 0 Å². The number of aryl methyl sites for hydroxylation is 1. The largest absolute Gasteiger partial charge is 0.493 e. The van der Waals surface area contributed by atoms with Crippen LogP contribution in [0.15, 0.2) is 42.5 Å². The maximum absolute atomic E-state index is 5.33. The van der Waals surface area contributed by atoms with Crippen molar-refractivity contribution in [2.24, 2.45) is 0 Å². The maximum atomic E-state index is 5.33. The monoisotopic (exact) mass is 256 g/mol. The van der Waals surface area contributed by atoms with Gasteiger partial charge in [-0.25, -0.2) is 0 Å². The molecule has 0 unspecified atom stereocenters. The molecule has 0 heterocycles. The first-order valence-electron chi connectivity index (χ1n) is 6.55. The van der Waals surface area contributed by atoms with Crippen molar-refractivity contribution in [1.82, 2.24) is 0 Å². The molecule has 2 rings (SSSR count). The molecule has 19 heavy (non-hydrogen) atoms. The number of hydrogen-bond donors (Lipinski definition) is 0. The van der Waals surface area contributed by atoms with E-state index in [9.17, 15) is 0 Å². The van der Waals surface area contributed by atoms with Crippen molar-refractivity contribution >= 4 is 0 Å². The molecule has 0 fully saturated rings. The molecule has 0 aliphatic heterocycles. The van der Waals surface area contributed by atoms with Gasteiger partial charge in [0.2, 0.25) is 0 Å². The van der Waals surface area contributed by atoms with Crippen LogP contribution in [0.25, 0.3) is 0 Å². The van der Waals surface area contributed by atoms with E-state index in [-0.39, 0.29) is 0 Å². The predicted octanol–water partition coefficient (Wildman–Crippen LogP) is 3.86. The second-order valence-electron chi connectivity index (χ2n) is 4.54. The van der Waals surface area contributed by atoms with Gasteiger partial charge < -0.3 is 9.47 Å². The highest BCUT2D eigenvalue weighted by molar-refractivity contribution is 5.44. The summed E-state index contributed by atoms with van der Waals surface area (Å²) in [6, 6.07) is 14.8. The third kappa shape index (κ3) is 3.28. The first kappa shape index (κ1) is 13.5. The van der Waals surface area contributed by atoms with Gasteiger partial charge in [0.1, 0.15) is 0 Å². The fraction of sp³-hybridized carbons (Fsp3) is 0.294. The second-order valence-corrected chi connectivity index (χ2v) is 4.54. The van der Waals surface area contributed by atoms with Gasteiger partial charge >= 0.3 is 0 Å². The summed E-state index contributed by atoms with van der Waals surface area (Å²) in [7, 11) is 3.32. The highest BCUT2D eigenvalue weighted by atomic mass is 16.5. The summed E-state index contributed by atoms with van der Waals surface area (Å²) in [5.74, 6) is 1.55. The summed E-state index contributed by atoms with van der Waals surface area (Å²) in [6.45, 7) is 2.17. The average Bonchev–Trinajstić information content (AvgIpc) is 2.48. The zero-order valence-electron chi connectivity index (χ0n) is 11.8. The third-order valence-corrected chi connectivity index (χ3v) is 3.29. The van der Waals surface area contributed by atoms with E-state index in [1.807, 2.05) is 12.1 Å². The normalized spacial score (nSPS) is 10.3. The van der Waals surface area contributed by atoms with Crippen LogP contribution in [0.1, 0.15) is 23.6 Å². The van der Waals surface area contributed by atoms with Crippen molar-refractivity contribution in [3.63, 3.8) is 0 Å². The SMILES string of the molecule is CCc1ccc(Cc2ccc(OC)c(OC)c2)cc1. The molecule has 0 radical (unpaired) electrons. The minimum absolute atomic E-state index is 0.771. The standard InChI is InChI=1S/C17H20O2/c1-4-13-5-7-14(8-6-13)11-15-9-10-16(18-2)17(12-15)19-3/h5-10,12H,4,11H2,1-3H3. The van der Waals surface area contributed by atoms with Gasteiger partial charge in [0.15, 0.2) is 11.5 Å². The molecule has 2 aromatic carbocycles. The molecule has 0 aliphatic carbocycles. The predicted molar refractivity (Wildman–Crippen MR) is 78.2 cm³/mol. The molecular formula is C17H20O2. The van der Waals surface area contributed by atoms with Gasteiger partial charge in [-0.2, -0.15) is 0 Å². The number of methoxy groups -OCH3 is 2. The van der Waals surface area contributed by atoms with Gasteiger partial charge in [-0.1, -0.05) is 37.3 Å². The van der Waals surface area contributed by atoms with Crippen molar-refractivity contribution in [2.45, 2.75) is 19.8 Å². The Bertz CT molecular complexity index is 529. The lowest BCUT2D eigenvalue weighted by Crippen LogP contribution is -1.94. The van der Waals surface area contributed by atoms with E-state index < -0.39 is 0 Å².